The van der Waals surface area contributed by atoms with Crippen LogP contribution in [0.3, 0.4) is 0 Å². The number of hydrogen-bond acceptors (Lipinski definition) is 5. The van der Waals surface area contributed by atoms with Crippen LogP contribution in [0.25, 0.3) is 0 Å². The Hall–Kier alpha value is -2.83. The van der Waals surface area contributed by atoms with Crippen molar-refractivity contribution in [3.8, 4) is 0 Å². The zero-order chi connectivity index (χ0) is 16.4. The lowest BCUT2D eigenvalue weighted by atomic mass is 10.2. The fraction of sp³-hybridized carbons (Fsp3) is 0.312. The highest BCUT2D eigenvalue weighted by atomic mass is 16.6. The van der Waals surface area contributed by atoms with Gasteiger partial charge >= 0.3 is 12.1 Å². The molecule has 2 heterocycles. The molecule has 1 fully saturated rings. The molecule has 7 nitrogen and oxygen atoms in total. The standard InChI is InChI=1S/C16H16N2O5/c1-22-16(21)18-10-12(14(19)17-9-5-8-13(17)18)23-15(20)11-6-3-2-4-7-11/h2-4,6-7,10,13H,5,8-9H2,1H3. The van der Waals surface area contributed by atoms with Crippen molar-refractivity contribution in [3.63, 3.8) is 0 Å². The second-order valence-electron chi connectivity index (χ2n) is 5.25. The van der Waals surface area contributed by atoms with Crippen LogP contribution in [-0.4, -0.2) is 47.6 Å². The van der Waals surface area contributed by atoms with Crippen molar-refractivity contribution in [2.45, 2.75) is 19.0 Å². The van der Waals surface area contributed by atoms with E-state index >= 15 is 0 Å². The second kappa shape index (κ2) is 6.12. The first-order valence-corrected chi connectivity index (χ1v) is 7.28. The predicted octanol–water partition coefficient (Wildman–Crippen LogP) is 1.72. The van der Waals surface area contributed by atoms with Crippen molar-refractivity contribution in [1.29, 1.82) is 0 Å². The van der Waals surface area contributed by atoms with Crippen LogP contribution >= 0.6 is 0 Å². The van der Waals surface area contributed by atoms with E-state index in [2.05, 4.69) is 0 Å². The maximum absolute atomic E-state index is 12.4. The second-order valence-corrected chi connectivity index (χ2v) is 5.25. The number of ether oxygens (including phenoxy) is 2. The number of esters is 1. The first-order chi connectivity index (χ1) is 11.1. The van der Waals surface area contributed by atoms with Crippen LogP contribution in [0.15, 0.2) is 42.3 Å². The van der Waals surface area contributed by atoms with Gasteiger partial charge in [-0.3, -0.25) is 9.69 Å². The number of amides is 2. The summed E-state index contributed by atoms with van der Waals surface area (Å²) in [6, 6.07) is 8.35. The third kappa shape index (κ3) is 2.77. The van der Waals surface area contributed by atoms with Crippen molar-refractivity contribution >= 4 is 18.0 Å². The summed E-state index contributed by atoms with van der Waals surface area (Å²) in [6.45, 7) is 0.511. The normalized spacial score (nSPS) is 20.0. The van der Waals surface area contributed by atoms with E-state index in [4.69, 9.17) is 9.47 Å². The SMILES string of the molecule is COC(=O)N1C=C(OC(=O)c2ccccc2)C(=O)N2CCCC12. The smallest absolute Gasteiger partial charge is 0.415 e. The molecule has 1 saturated heterocycles. The average Bonchev–Trinajstić information content (AvgIpc) is 3.07. The molecule has 23 heavy (non-hydrogen) atoms. The van der Waals surface area contributed by atoms with E-state index in [-0.39, 0.29) is 11.9 Å². The van der Waals surface area contributed by atoms with Crippen molar-refractivity contribution in [2.75, 3.05) is 13.7 Å². The number of carbonyl (C=O) groups excluding carboxylic acids is 3. The zero-order valence-electron chi connectivity index (χ0n) is 12.6. The van der Waals surface area contributed by atoms with Gasteiger partial charge in [0.15, 0.2) is 0 Å². The Morgan fingerprint density at radius 3 is 2.65 bits per heavy atom. The minimum absolute atomic E-state index is 0.178. The molecule has 0 aromatic heterocycles. The minimum Gasteiger partial charge on any atom is -0.452 e. The summed E-state index contributed by atoms with van der Waals surface area (Å²) in [6.07, 6.45) is 1.72. The van der Waals surface area contributed by atoms with E-state index in [1.807, 2.05) is 0 Å². The largest absolute Gasteiger partial charge is 0.452 e. The lowest BCUT2D eigenvalue weighted by molar-refractivity contribution is -0.135. The quantitative estimate of drug-likeness (QED) is 0.776. The molecule has 0 saturated carbocycles. The number of rotatable bonds is 2. The molecule has 0 aliphatic carbocycles. The van der Waals surface area contributed by atoms with E-state index in [9.17, 15) is 14.4 Å². The lowest BCUT2D eigenvalue weighted by Gasteiger charge is -2.36. The summed E-state index contributed by atoms with van der Waals surface area (Å²) in [5, 5.41) is 0. The van der Waals surface area contributed by atoms with Crippen LogP contribution in [0.5, 0.6) is 0 Å². The molecule has 1 aromatic rings. The van der Waals surface area contributed by atoms with Gasteiger partial charge in [-0.1, -0.05) is 18.2 Å². The summed E-state index contributed by atoms with van der Waals surface area (Å²) in [5.41, 5.74) is 0.328. The van der Waals surface area contributed by atoms with Gasteiger partial charge in [0.1, 0.15) is 6.17 Å². The third-order valence-corrected chi connectivity index (χ3v) is 3.87. The van der Waals surface area contributed by atoms with Gasteiger partial charge < -0.3 is 14.4 Å². The van der Waals surface area contributed by atoms with Crippen LogP contribution in [0.1, 0.15) is 23.2 Å². The summed E-state index contributed by atoms with van der Waals surface area (Å²) in [5.74, 6) is -1.22. The summed E-state index contributed by atoms with van der Waals surface area (Å²) >= 11 is 0. The van der Waals surface area contributed by atoms with Crippen LogP contribution in [0.2, 0.25) is 0 Å². The Balaban J connectivity index is 1.86. The van der Waals surface area contributed by atoms with Crippen LogP contribution < -0.4 is 0 Å². The molecule has 7 heteroatoms. The number of nitrogens with zero attached hydrogens (tertiary/aromatic N) is 2. The number of hydrogen-bond donors (Lipinski definition) is 0. The number of methoxy groups -OCH3 is 1. The highest BCUT2D eigenvalue weighted by Gasteiger charge is 2.42. The van der Waals surface area contributed by atoms with Crippen LogP contribution in [0.4, 0.5) is 4.79 Å². The van der Waals surface area contributed by atoms with E-state index in [1.165, 1.54) is 23.1 Å². The van der Waals surface area contributed by atoms with Gasteiger partial charge in [-0.15, -0.1) is 0 Å². The highest BCUT2D eigenvalue weighted by Crippen LogP contribution is 2.29. The molecule has 2 aliphatic rings. The Kier molecular flexibility index (Phi) is 4.01. The molecule has 0 spiro atoms. The van der Waals surface area contributed by atoms with E-state index in [0.29, 0.717) is 18.5 Å². The zero-order valence-corrected chi connectivity index (χ0v) is 12.6. The summed E-state index contributed by atoms with van der Waals surface area (Å²) in [4.78, 5) is 39.3. The Morgan fingerprint density at radius 1 is 1.22 bits per heavy atom. The molecule has 0 N–H and O–H groups in total. The number of fused-ring (bicyclic) bond motifs is 1. The Bertz CT molecular complexity index is 670. The van der Waals surface area contributed by atoms with E-state index < -0.39 is 18.0 Å². The predicted molar refractivity (Wildman–Crippen MR) is 78.9 cm³/mol. The van der Waals surface area contributed by atoms with Gasteiger partial charge in [-0.05, 0) is 25.0 Å². The maximum atomic E-state index is 12.4. The summed E-state index contributed by atoms with van der Waals surface area (Å²) < 4.78 is 9.94. The molecular formula is C16H16N2O5. The van der Waals surface area contributed by atoms with Crippen molar-refractivity contribution < 1.29 is 23.9 Å². The van der Waals surface area contributed by atoms with Crippen molar-refractivity contribution in [1.82, 2.24) is 9.80 Å². The van der Waals surface area contributed by atoms with E-state index in [0.717, 1.165) is 6.42 Å². The fourth-order valence-electron chi connectivity index (χ4n) is 2.77. The minimum atomic E-state index is -0.646. The molecule has 1 aromatic carbocycles. The molecule has 1 unspecified atom stereocenters. The van der Waals surface area contributed by atoms with Crippen molar-refractivity contribution in [2.24, 2.45) is 0 Å². The van der Waals surface area contributed by atoms with Gasteiger partial charge in [0.25, 0.3) is 5.91 Å². The van der Waals surface area contributed by atoms with Gasteiger partial charge in [-0.25, -0.2) is 9.59 Å². The summed E-state index contributed by atoms with van der Waals surface area (Å²) in [7, 11) is 1.27. The molecule has 0 bridgehead atoms. The first kappa shape index (κ1) is 15.1. The number of carbonyl (C=O) groups is 3. The molecule has 120 valence electrons. The molecule has 0 radical (unpaired) electrons. The van der Waals surface area contributed by atoms with Crippen molar-refractivity contribution in [3.05, 3.63) is 47.9 Å². The van der Waals surface area contributed by atoms with Gasteiger partial charge in [0.2, 0.25) is 5.76 Å². The van der Waals surface area contributed by atoms with Crippen LogP contribution in [-0.2, 0) is 14.3 Å². The average molecular weight is 316 g/mol. The topological polar surface area (TPSA) is 76.1 Å². The van der Waals surface area contributed by atoms with Gasteiger partial charge in [0.05, 0.1) is 18.9 Å². The maximum Gasteiger partial charge on any atom is 0.415 e. The Morgan fingerprint density at radius 2 is 1.96 bits per heavy atom. The molecule has 1 atom stereocenters. The monoisotopic (exact) mass is 316 g/mol. The van der Waals surface area contributed by atoms with Gasteiger partial charge in [0, 0.05) is 6.54 Å². The lowest BCUT2D eigenvalue weighted by Crippen LogP contribution is -2.52. The molecule has 2 aliphatic heterocycles. The molecule has 3 rings (SSSR count). The van der Waals surface area contributed by atoms with Crippen LogP contribution in [0, 0.1) is 0 Å². The van der Waals surface area contributed by atoms with E-state index in [1.54, 1.807) is 30.3 Å². The first-order valence-electron chi connectivity index (χ1n) is 7.28. The Labute approximate surface area is 133 Å². The fourth-order valence-corrected chi connectivity index (χ4v) is 2.77. The molecule has 2 amide bonds. The number of benzene rings is 1. The third-order valence-electron chi connectivity index (χ3n) is 3.87. The highest BCUT2D eigenvalue weighted by molar-refractivity contribution is 5.99. The molecular weight excluding hydrogens is 300 g/mol. The van der Waals surface area contributed by atoms with Gasteiger partial charge in [-0.2, -0.15) is 0 Å².